The monoisotopic (exact) mass is 426 g/mol. The molecule has 2 amide bonds. The third kappa shape index (κ3) is 3.88. The van der Waals surface area contributed by atoms with E-state index < -0.39 is 6.04 Å². The number of nitrogens with zero attached hydrogens (tertiary/aromatic N) is 2. The van der Waals surface area contributed by atoms with Crippen molar-refractivity contribution in [1.29, 1.82) is 0 Å². The Morgan fingerprint density at radius 1 is 1.28 bits per heavy atom. The van der Waals surface area contributed by atoms with E-state index in [1.165, 1.54) is 0 Å². The van der Waals surface area contributed by atoms with E-state index in [4.69, 9.17) is 11.6 Å². The Bertz CT molecular complexity index is 1090. The van der Waals surface area contributed by atoms with Gasteiger partial charge in [0.1, 0.15) is 11.9 Å². The Morgan fingerprint density at radius 3 is 2.76 bits per heavy atom. The molecule has 8 heteroatoms. The summed E-state index contributed by atoms with van der Waals surface area (Å²) in [6, 6.07) is 14.2. The van der Waals surface area contributed by atoms with Crippen LogP contribution in [0.25, 0.3) is 11.3 Å². The fourth-order valence-electron chi connectivity index (χ4n) is 3.35. The summed E-state index contributed by atoms with van der Waals surface area (Å²) in [5.74, 6) is 0.0647. The van der Waals surface area contributed by atoms with Crippen LogP contribution < -0.4 is 10.6 Å². The van der Waals surface area contributed by atoms with Gasteiger partial charge in [-0.05, 0) is 43.5 Å². The summed E-state index contributed by atoms with van der Waals surface area (Å²) in [5, 5.41) is 11.1. The van der Waals surface area contributed by atoms with Crippen LogP contribution in [-0.4, -0.2) is 27.9 Å². The second-order valence-electron chi connectivity index (χ2n) is 6.76. The zero-order valence-electron chi connectivity index (χ0n) is 15.9. The number of hydrogen-bond donors (Lipinski definition) is 2. The first kappa shape index (κ1) is 19.5. The van der Waals surface area contributed by atoms with Crippen LogP contribution in [0.2, 0.25) is 5.02 Å². The predicted octanol–water partition coefficient (Wildman–Crippen LogP) is 4.76. The average molecular weight is 427 g/mol. The number of aromatic nitrogens is 2. The number of thioether (sulfide) groups is 1. The second kappa shape index (κ2) is 7.93. The molecule has 1 aliphatic heterocycles. The van der Waals surface area contributed by atoms with E-state index in [-0.39, 0.29) is 18.2 Å². The summed E-state index contributed by atoms with van der Waals surface area (Å²) >= 11 is 7.58. The molecule has 0 aliphatic carbocycles. The van der Waals surface area contributed by atoms with Gasteiger partial charge in [0.05, 0.1) is 12.1 Å². The molecule has 0 saturated carbocycles. The maximum absolute atomic E-state index is 13.0. The summed E-state index contributed by atoms with van der Waals surface area (Å²) in [4.78, 5) is 26.3. The number of nitrogens with one attached hydrogen (secondary N) is 2. The van der Waals surface area contributed by atoms with Crippen LogP contribution >= 0.6 is 23.4 Å². The van der Waals surface area contributed by atoms with E-state index in [0.717, 1.165) is 16.0 Å². The number of fused-ring (bicyclic) bond motifs is 1. The van der Waals surface area contributed by atoms with Crippen LogP contribution in [0.5, 0.6) is 0 Å². The minimum absolute atomic E-state index is 0.0300. The highest BCUT2D eigenvalue weighted by Gasteiger charge is 2.34. The molecule has 1 aliphatic rings. The number of anilines is 2. The number of rotatable bonds is 4. The van der Waals surface area contributed by atoms with Gasteiger partial charge in [0.25, 0.3) is 0 Å². The van der Waals surface area contributed by atoms with Crippen molar-refractivity contribution in [2.75, 3.05) is 16.9 Å². The number of carbonyl (C=O) groups is 2. The highest BCUT2D eigenvalue weighted by Crippen LogP contribution is 2.35. The van der Waals surface area contributed by atoms with Gasteiger partial charge in [-0.25, -0.2) is 4.68 Å². The summed E-state index contributed by atoms with van der Waals surface area (Å²) in [5.41, 5.74) is 3.08. The van der Waals surface area contributed by atoms with Crippen molar-refractivity contribution in [2.24, 2.45) is 0 Å². The third-order valence-corrected chi connectivity index (χ3v) is 5.81. The van der Waals surface area contributed by atoms with Crippen LogP contribution in [0, 0.1) is 6.92 Å². The number of carbonyl (C=O) groups excluding carboxylic acids is 2. The average Bonchev–Trinajstić information content (AvgIpc) is 3.04. The van der Waals surface area contributed by atoms with Gasteiger partial charge in [-0.15, -0.1) is 11.8 Å². The molecule has 4 rings (SSSR count). The second-order valence-corrected chi connectivity index (χ2v) is 8.08. The summed E-state index contributed by atoms with van der Waals surface area (Å²) < 4.78 is 1.61. The van der Waals surface area contributed by atoms with E-state index in [0.29, 0.717) is 22.2 Å². The molecule has 0 fully saturated rings. The van der Waals surface area contributed by atoms with Gasteiger partial charge in [-0.2, -0.15) is 5.10 Å². The first-order valence-electron chi connectivity index (χ1n) is 9.06. The standard InChI is InChI=1S/C21H19ClN4O2S/c1-12-19(13-6-8-14(22)9-7-13)25-26-17(11-18(27)24-20(12)26)21(28)23-15-4-3-5-16(10-15)29-2/h3-10,17H,11H2,1-2H3,(H,23,28)(H,24,27)/t17-/m0/s1. The zero-order valence-corrected chi connectivity index (χ0v) is 17.5. The van der Waals surface area contributed by atoms with E-state index in [9.17, 15) is 9.59 Å². The number of hydrogen-bond acceptors (Lipinski definition) is 4. The molecule has 148 valence electrons. The summed E-state index contributed by atoms with van der Waals surface area (Å²) in [7, 11) is 0. The molecule has 6 nitrogen and oxygen atoms in total. The number of amides is 2. The lowest BCUT2D eigenvalue weighted by molar-refractivity contribution is -0.125. The molecule has 0 saturated heterocycles. The molecule has 2 aromatic carbocycles. The zero-order chi connectivity index (χ0) is 20.5. The normalized spacial score (nSPS) is 15.6. The lowest BCUT2D eigenvalue weighted by atomic mass is 10.1. The molecule has 2 N–H and O–H groups in total. The number of benzene rings is 2. The molecule has 0 unspecified atom stereocenters. The van der Waals surface area contributed by atoms with Crippen molar-refractivity contribution in [1.82, 2.24) is 9.78 Å². The van der Waals surface area contributed by atoms with Crippen molar-refractivity contribution in [3.8, 4) is 11.3 Å². The Balaban J connectivity index is 1.68. The van der Waals surface area contributed by atoms with Crippen LogP contribution in [0.4, 0.5) is 11.5 Å². The Hall–Kier alpha value is -2.77. The maximum atomic E-state index is 13.0. The quantitative estimate of drug-likeness (QED) is 0.590. The highest BCUT2D eigenvalue weighted by atomic mass is 35.5. The van der Waals surface area contributed by atoms with Gasteiger partial charge >= 0.3 is 0 Å². The fourth-order valence-corrected chi connectivity index (χ4v) is 3.94. The largest absolute Gasteiger partial charge is 0.324 e. The lowest BCUT2D eigenvalue weighted by Gasteiger charge is -2.24. The Labute approximate surface area is 177 Å². The van der Waals surface area contributed by atoms with Crippen molar-refractivity contribution < 1.29 is 9.59 Å². The van der Waals surface area contributed by atoms with Gasteiger partial charge in [-0.1, -0.05) is 29.8 Å². The minimum atomic E-state index is -0.726. The Morgan fingerprint density at radius 2 is 2.03 bits per heavy atom. The fraction of sp³-hybridized carbons (Fsp3) is 0.190. The SMILES string of the molecule is CSc1cccc(NC(=O)[C@@H]2CC(=O)Nc3c(C)c(-c4ccc(Cl)cc4)nn32)c1. The van der Waals surface area contributed by atoms with Crippen molar-refractivity contribution in [3.05, 3.63) is 59.1 Å². The third-order valence-electron chi connectivity index (χ3n) is 4.84. The van der Waals surface area contributed by atoms with Crippen LogP contribution in [0.1, 0.15) is 18.0 Å². The summed E-state index contributed by atoms with van der Waals surface area (Å²) in [6.45, 7) is 1.88. The number of halogens is 1. The predicted molar refractivity (Wildman–Crippen MR) is 117 cm³/mol. The first-order valence-corrected chi connectivity index (χ1v) is 10.7. The van der Waals surface area contributed by atoms with E-state index in [1.54, 1.807) is 28.6 Å². The Kier molecular flexibility index (Phi) is 5.34. The van der Waals surface area contributed by atoms with Crippen LogP contribution in [0.3, 0.4) is 0 Å². The van der Waals surface area contributed by atoms with Crippen LogP contribution in [-0.2, 0) is 9.59 Å². The molecule has 1 aromatic heterocycles. The summed E-state index contributed by atoms with van der Waals surface area (Å²) in [6.07, 6.45) is 2.01. The van der Waals surface area contributed by atoms with Crippen molar-refractivity contribution in [2.45, 2.75) is 24.3 Å². The molecule has 0 spiro atoms. The van der Waals surface area contributed by atoms with Crippen molar-refractivity contribution >= 4 is 46.7 Å². The molecule has 3 aromatic rings. The lowest BCUT2D eigenvalue weighted by Crippen LogP contribution is -2.35. The molecular formula is C21H19ClN4O2S. The molecule has 1 atom stereocenters. The first-order chi connectivity index (χ1) is 14.0. The topological polar surface area (TPSA) is 76.0 Å². The van der Waals surface area contributed by atoms with Crippen molar-refractivity contribution in [3.63, 3.8) is 0 Å². The van der Waals surface area contributed by atoms with Crippen LogP contribution in [0.15, 0.2) is 53.4 Å². The molecule has 0 radical (unpaired) electrons. The minimum Gasteiger partial charge on any atom is -0.324 e. The van der Waals surface area contributed by atoms with Gasteiger partial charge in [0.15, 0.2) is 0 Å². The van der Waals surface area contributed by atoms with E-state index in [2.05, 4.69) is 15.7 Å². The highest BCUT2D eigenvalue weighted by molar-refractivity contribution is 7.98. The van der Waals surface area contributed by atoms with Gasteiger partial charge in [-0.3, -0.25) is 9.59 Å². The molecule has 29 heavy (non-hydrogen) atoms. The van der Waals surface area contributed by atoms with Gasteiger partial charge in [0, 0.05) is 26.7 Å². The van der Waals surface area contributed by atoms with Gasteiger partial charge < -0.3 is 10.6 Å². The molecule has 2 heterocycles. The molecular weight excluding hydrogens is 408 g/mol. The smallest absolute Gasteiger partial charge is 0.249 e. The van der Waals surface area contributed by atoms with Gasteiger partial charge in [0.2, 0.25) is 11.8 Å². The van der Waals surface area contributed by atoms with E-state index in [1.807, 2.05) is 49.6 Å². The molecule has 0 bridgehead atoms. The maximum Gasteiger partial charge on any atom is 0.249 e. The van der Waals surface area contributed by atoms with E-state index >= 15 is 0 Å².